The number of nitrogens with one attached hydrogen (secondary N) is 1. The van der Waals surface area contributed by atoms with Crippen molar-refractivity contribution in [2.24, 2.45) is 5.41 Å². The topological polar surface area (TPSA) is 92.2 Å². The number of hydrogen-bond donors (Lipinski definition) is 2. The molecule has 0 aliphatic heterocycles. The SMILES string of the molecule is Cc1nsc(NC(=O)CC(C)(C)CC(=O)O)n1. The van der Waals surface area contributed by atoms with Crippen molar-refractivity contribution in [3.63, 3.8) is 0 Å². The summed E-state index contributed by atoms with van der Waals surface area (Å²) in [4.78, 5) is 26.3. The van der Waals surface area contributed by atoms with E-state index in [1.54, 1.807) is 20.8 Å². The molecule has 94 valence electrons. The van der Waals surface area contributed by atoms with Crippen LogP contribution in [0.5, 0.6) is 0 Å². The Labute approximate surface area is 103 Å². The third-order valence-electron chi connectivity index (χ3n) is 2.04. The number of rotatable bonds is 5. The molecule has 0 spiro atoms. The van der Waals surface area contributed by atoms with E-state index < -0.39 is 11.4 Å². The minimum atomic E-state index is -0.908. The molecule has 0 atom stereocenters. The molecule has 0 saturated heterocycles. The highest BCUT2D eigenvalue weighted by molar-refractivity contribution is 7.09. The Morgan fingerprint density at radius 2 is 2.06 bits per heavy atom. The maximum absolute atomic E-state index is 11.7. The second-order valence-corrected chi connectivity index (χ2v) is 5.36. The first-order chi connectivity index (χ1) is 7.78. The largest absolute Gasteiger partial charge is 0.481 e. The van der Waals surface area contributed by atoms with Crippen LogP contribution in [-0.2, 0) is 9.59 Å². The summed E-state index contributed by atoms with van der Waals surface area (Å²) in [5.41, 5.74) is -0.574. The Kier molecular flexibility index (Phi) is 4.17. The normalized spacial score (nSPS) is 11.2. The lowest BCUT2D eigenvalue weighted by molar-refractivity contribution is -0.139. The van der Waals surface area contributed by atoms with E-state index in [0.29, 0.717) is 11.0 Å². The van der Waals surface area contributed by atoms with E-state index in [1.165, 1.54) is 0 Å². The van der Waals surface area contributed by atoms with Gasteiger partial charge in [0.2, 0.25) is 11.0 Å². The maximum Gasteiger partial charge on any atom is 0.303 e. The average Bonchev–Trinajstić information content (AvgIpc) is 2.46. The molecule has 0 saturated carbocycles. The Bertz CT molecular complexity index is 428. The molecule has 2 N–H and O–H groups in total. The van der Waals surface area contributed by atoms with Gasteiger partial charge < -0.3 is 10.4 Å². The summed E-state index contributed by atoms with van der Waals surface area (Å²) in [6.45, 7) is 5.22. The first kappa shape index (κ1) is 13.6. The van der Waals surface area contributed by atoms with Crippen LogP contribution >= 0.6 is 11.5 Å². The van der Waals surface area contributed by atoms with Crippen molar-refractivity contribution in [1.82, 2.24) is 9.36 Å². The smallest absolute Gasteiger partial charge is 0.303 e. The fraction of sp³-hybridized carbons (Fsp3) is 0.600. The standard InChI is InChI=1S/C10H15N3O3S/c1-6-11-9(17-13-6)12-7(14)4-10(2,3)5-8(15)16/h4-5H2,1-3H3,(H,15,16)(H,11,12,13,14). The molecule has 1 aromatic rings. The molecule has 6 nitrogen and oxygen atoms in total. The predicted molar refractivity (Wildman–Crippen MR) is 63.9 cm³/mol. The molecule has 7 heteroatoms. The second kappa shape index (κ2) is 5.22. The molecule has 1 amide bonds. The predicted octanol–water partition coefficient (Wildman–Crippen LogP) is 1.68. The summed E-state index contributed by atoms with van der Waals surface area (Å²) in [6.07, 6.45) is 0.0908. The molecular weight excluding hydrogens is 242 g/mol. The second-order valence-electron chi connectivity index (χ2n) is 4.61. The molecule has 0 aliphatic rings. The fourth-order valence-electron chi connectivity index (χ4n) is 1.42. The first-order valence-corrected chi connectivity index (χ1v) is 5.88. The van der Waals surface area contributed by atoms with Crippen LogP contribution in [0.2, 0.25) is 0 Å². The van der Waals surface area contributed by atoms with Crippen LogP contribution in [0.25, 0.3) is 0 Å². The lowest BCUT2D eigenvalue weighted by atomic mass is 9.85. The van der Waals surface area contributed by atoms with E-state index in [1.807, 2.05) is 0 Å². The molecule has 1 rings (SSSR count). The van der Waals surface area contributed by atoms with Gasteiger partial charge in [-0.1, -0.05) is 13.8 Å². The summed E-state index contributed by atoms with van der Waals surface area (Å²) >= 11 is 1.11. The van der Waals surface area contributed by atoms with E-state index >= 15 is 0 Å². The summed E-state index contributed by atoms with van der Waals surface area (Å²) < 4.78 is 3.94. The van der Waals surface area contributed by atoms with Crippen molar-refractivity contribution < 1.29 is 14.7 Å². The van der Waals surface area contributed by atoms with Gasteiger partial charge in [-0.15, -0.1) is 0 Å². The highest BCUT2D eigenvalue weighted by Gasteiger charge is 2.25. The molecule has 17 heavy (non-hydrogen) atoms. The summed E-state index contributed by atoms with van der Waals surface area (Å²) in [6, 6.07) is 0. The van der Waals surface area contributed by atoms with Crippen LogP contribution in [0.15, 0.2) is 0 Å². The Balaban J connectivity index is 2.52. The van der Waals surface area contributed by atoms with Gasteiger partial charge in [0.25, 0.3) is 0 Å². The van der Waals surface area contributed by atoms with Gasteiger partial charge in [-0.25, -0.2) is 4.98 Å². The number of carboxylic acid groups (broad SMARTS) is 1. The Hall–Kier alpha value is -1.50. The van der Waals surface area contributed by atoms with Crippen molar-refractivity contribution in [2.45, 2.75) is 33.6 Å². The highest BCUT2D eigenvalue weighted by atomic mass is 32.1. The molecule has 0 fully saturated rings. The number of carbonyl (C=O) groups excluding carboxylic acids is 1. The van der Waals surface area contributed by atoms with E-state index in [2.05, 4.69) is 14.7 Å². The number of nitrogens with zero attached hydrogens (tertiary/aromatic N) is 2. The maximum atomic E-state index is 11.7. The van der Waals surface area contributed by atoms with Crippen molar-refractivity contribution in [3.8, 4) is 0 Å². The number of aromatic nitrogens is 2. The van der Waals surface area contributed by atoms with Gasteiger partial charge in [-0.05, 0) is 12.3 Å². The van der Waals surface area contributed by atoms with Gasteiger partial charge in [-0.3, -0.25) is 9.59 Å². The van der Waals surface area contributed by atoms with E-state index in [-0.39, 0.29) is 18.7 Å². The van der Waals surface area contributed by atoms with Crippen LogP contribution < -0.4 is 5.32 Å². The van der Waals surface area contributed by atoms with Crippen molar-refractivity contribution >= 4 is 28.5 Å². The molecule has 0 aliphatic carbocycles. The molecule has 0 aromatic carbocycles. The number of carboxylic acids is 1. The van der Waals surface area contributed by atoms with Gasteiger partial charge in [0.05, 0.1) is 6.42 Å². The zero-order valence-electron chi connectivity index (χ0n) is 9.98. The number of anilines is 1. The molecule has 0 radical (unpaired) electrons. The molecule has 0 bridgehead atoms. The van der Waals surface area contributed by atoms with Crippen LogP contribution in [0, 0.1) is 12.3 Å². The first-order valence-electron chi connectivity index (χ1n) is 5.10. The lowest BCUT2D eigenvalue weighted by Crippen LogP contribution is -2.24. The highest BCUT2D eigenvalue weighted by Crippen LogP contribution is 2.25. The number of carbonyl (C=O) groups is 2. The van der Waals surface area contributed by atoms with Gasteiger partial charge in [0.15, 0.2) is 0 Å². The molecule has 0 unspecified atom stereocenters. The van der Waals surface area contributed by atoms with Crippen LogP contribution in [0.3, 0.4) is 0 Å². The summed E-state index contributed by atoms with van der Waals surface area (Å²) in [5.74, 6) is -0.544. The quantitative estimate of drug-likeness (QED) is 0.837. The summed E-state index contributed by atoms with van der Waals surface area (Å²) in [7, 11) is 0. The van der Waals surface area contributed by atoms with Crippen molar-refractivity contribution in [3.05, 3.63) is 5.82 Å². The van der Waals surface area contributed by atoms with Gasteiger partial charge in [0, 0.05) is 18.0 Å². The number of aliphatic carboxylic acids is 1. The average molecular weight is 257 g/mol. The molecule has 1 aromatic heterocycles. The van der Waals surface area contributed by atoms with Gasteiger partial charge in [-0.2, -0.15) is 4.37 Å². The minimum absolute atomic E-state index is 0.0461. The molecule has 1 heterocycles. The number of amides is 1. The minimum Gasteiger partial charge on any atom is -0.481 e. The third-order valence-corrected chi connectivity index (χ3v) is 2.76. The van der Waals surface area contributed by atoms with Gasteiger partial charge >= 0.3 is 5.97 Å². The number of aryl methyl sites for hydroxylation is 1. The fourth-order valence-corrected chi connectivity index (χ4v) is 2.01. The van der Waals surface area contributed by atoms with E-state index in [4.69, 9.17) is 5.11 Å². The van der Waals surface area contributed by atoms with Crippen LogP contribution in [0.4, 0.5) is 5.13 Å². The monoisotopic (exact) mass is 257 g/mol. The van der Waals surface area contributed by atoms with Crippen molar-refractivity contribution in [2.75, 3.05) is 5.32 Å². The molecular formula is C10H15N3O3S. The Morgan fingerprint density at radius 3 is 2.53 bits per heavy atom. The Morgan fingerprint density at radius 1 is 1.41 bits per heavy atom. The summed E-state index contributed by atoms with van der Waals surface area (Å²) in [5, 5.41) is 11.8. The zero-order chi connectivity index (χ0) is 13.1. The lowest BCUT2D eigenvalue weighted by Gasteiger charge is -2.20. The number of hydrogen-bond acceptors (Lipinski definition) is 5. The van der Waals surface area contributed by atoms with E-state index in [9.17, 15) is 9.59 Å². The van der Waals surface area contributed by atoms with Gasteiger partial charge in [0.1, 0.15) is 5.82 Å². The van der Waals surface area contributed by atoms with E-state index in [0.717, 1.165) is 11.5 Å². The van der Waals surface area contributed by atoms with Crippen LogP contribution in [0.1, 0.15) is 32.5 Å². The van der Waals surface area contributed by atoms with Crippen LogP contribution in [-0.4, -0.2) is 26.3 Å². The zero-order valence-corrected chi connectivity index (χ0v) is 10.8. The van der Waals surface area contributed by atoms with Crippen molar-refractivity contribution in [1.29, 1.82) is 0 Å². The third kappa shape index (κ3) is 4.90.